The van der Waals surface area contributed by atoms with E-state index in [1.807, 2.05) is 66.7 Å². The zero-order valence-corrected chi connectivity index (χ0v) is 17.8. The van der Waals surface area contributed by atoms with Gasteiger partial charge >= 0.3 is 0 Å². The Balaban J connectivity index is 1.60. The van der Waals surface area contributed by atoms with E-state index in [9.17, 15) is 9.90 Å². The highest BCUT2D eigenvalue weighted by molar-refractivity contribution is 6.08. The zero-order valence-electron chi connectivity index (χ0n) is 17.8. The van der Waals surface area contributed by atoms with Gasteiger partial charge in [-0.25, -0.2) is 0 Å². The molecule has 1 N–H and O–H groups in total. The minimum atomic E-state index is -1.44. The van der Waals surface area contributed by atoms with Crippen LogP contribution in [0.5, 0.6) is 11.5 Å². The van der Waals surface area contributed by atoms with Gasteiger partial charge in [0.1, 0.15) is 11.5 Å². The minimum absolute atomic E-state index is 0.272. The molecular formula is C26H27NO4. The third kappa shape index (κ3) is 4.01. The lowest BCUT2D eigenvalue weighted by atomic mass is 9.74. The van der Waals surface area contributed by atoms with Crippen LogP contribution in [0.2, 0.25) is 0 Å². The quantitative estimate of drug-likeness (QED) is 0.547. The fourth-order valence-corrected chi connectivity index (χ4v) is 4.26. The molecule has 1 heterocycles. The zero-order chi connectivity index (χ0) is 21.8. The van der Waals surface area contributed by atoms with Crippen LogP contribution in [0.4, 0.5) is 5.69 Å². The lowest BCUT2D eigenvalue weighted by molar-refractivity contribution is -0.155. The number of carbonyl (C=O) groups is 1. The Hall–Kier alpha value is -3.31. The van der Waals surface area contributed by atoms with Crippen molar-refractivity contribution in [3.05, 3.63) is 90.0 Å². The molecule has 3 aromatic rings. The molecule has 31 heavy (non-hydrogen) atoms. The number of hydrogen-bond acceptors (Lipinski definition) is 4. The summed E-state index contributed by atoms with van der Waals surface area (Å²) in [6.45, 7) is 0. The van der Waals surface area contributed by atoms with Gasteiger partial charge in [-0.15, -0.1) is 0 Å². The number of β-lactam (4-membered cyclic amide) rings is 1. The smallest absolute Gasteiger partial charge is 0.262 e. The van der Waals surface area contributed by atoms with Crippen LogP contribution in [-0.2, 0) is 11.2 Å². The summed E-state index contributed by atoms with van der Waals surface area (Å²) in [4.78, 5) is 14.9. The molecule has 160 valence electrons. The Bertz CT molecular complexity index is 1020. The van der Waals surface area contributed by atoms with Gasteiger partial charge in [-0.1, -0.05) is 42.5 Å². The minimum Gasteiger partial charge on any atom is -0.497 e. The maximum absolute atomic E-state index is 13.2. The van der Waals surface area contributed by atoms with Gasteiger partial charge in [0, 0.05) is 5.69 Å². The van der Waals surface area contributed by atoms with Crippen molar-refractivity contribution in [1.82, 2.24) is 0 Å². The van der Waals surface area contributed by atoms with Crippen molar-refractivity contribution in [2.45, 2.75) is 30.9 Å². The van der Waals surface area contributed by atoms with Crippen molar-refractivity contribution in [3.63, 3.8) is 0 Å². The maximum atomic E-state index is 13.2. The molecule has 0 spiro atoms. The largest absolute Gasteiger partial charge is 0.497 e. The predicted molar refractivity (Wildman–Crippen MR) is 121 cm³/mol. The van der Waals surface area contributed by atoms with E-state index in [0.29, 0.717) is 6.42 Å². The predicted octanol–water partition coefficient (Wildman–Crippen LogP) is 4.55. The van der Waals surface area contributed by atoms with Crippen molar-refractivity contribution in [2.24, 2.45) is 0 Å². The second-order valence-electron chi connectivity index (χ2n) is 7.81. The van der Waals surface area contributed by atoms with Crippen molar-refractivity contribution in [3.8, 4) is 11.5 Å². The van der Waals surface area contributed by atoms with Crippen LogP contribution in [0.15, 0.2) is 78.9 Å². The Morgan fingerprint density at radius 1 is 0.871 bits per heavy atom. The molecule has 3 aromatic carbocycles. The average molecular weight is 418 g/mol. The first-order valence-corrected chi connectivity index (χ1v) is 10.4. The molecule has 1 aliphatic rings. The average Bonchev–Trinajstić information content (AvgIpc) is 2.83. The molecule has 1 fully saturated rings. The van der Waals surface area contributed by atoms with Crippen molar-refractivity contribution in [2.75, 3.05) is 19.1 Å². The van der Waals surface area contributed by atoms with Crippen molar-refractivity contribution >= 4 is 11.6 Å². The lowest BCUT2D eigenvalue weighted by Crippen LogP contribution is -2.68. The normalized spacial score (nSPS) is 20.3. The van der Waals surface area contributed by atoms with E-state index in [-0.39, 0.29) is 5.91 Å². The molecule has 2 atom stereocenters. The van der Waals surface area contributed by atoms with Gasteiger partial charge in [0.2, 0.25) is 0 Å². The molecule has 0 saturated carbocycles. The van der Waals surface area contributed by atoms with E-state index in [2.05, 4.69) is 12.1 Å². The van der Waals surface area contributed by atoms with Crippen LogP contribution >= 0.6 is 0 Å². The number of hydrogen-bond donors (Lipinski definition) is 1. The Morgan fingerprint density at radius 3 is 2.03 bits per heavy atom. The van der Waals surface area contributed by atoms with E-state index in [4.69, 9.17) is 9.47 Å². The number of amides is 1. The first-order chi connectivity index (χ1) is 15.1. The number of ether oxygens (including phenoxy) is 2. The maximum Gasteiger partial charge on any atom is 0.262 e. The number of aliphatic hydroxyl groups is 1. The molecule has 0 aromatic heterocycles. The second-order valence-corrected chi connectivity index (χ2v) is 7.81. The molecular weight excluding hydrogens is 390 g/mol. The molecule has 1 aliphatic heterocycles. The van der Waals surface area contributed by atoms with Gasteiger partial charge in [-0.2, -0.15) is 0 Å². The molecule has 5 nitrogen and oxygen atoms in total. The Labute approximate surface area is 182 Å². The van der Waals surface area contributed by atoms with E-state index in [1.54, 1.807) is 19.1 Å². The highest BCUT2D eigenvalue weighted by Gasteiger charge is 2.60. The number of nitrogens with zero attached hydrogens (tertiary/aromatic N) is 1. The first kappa shape index (κ1) is 20.9. The summed E-state index contributed by atoms with van der Waals surface area (Å²) in [5, 5.41) is 11.5. The van der Waals surface area contributed by atoms with E-state index in [0.717, 1.165) is 35.6 Å². The van der Waals surface area contributed by atoms with E-state index in [1.165, 1.54) is 5.56 Å². The summed E-state index contributed by atoms with van der Waals surface area (Å²) in [5.41, 5.74) is 1.37. The van der Waals surface area contributed by atoms with Crippen LogP contribution in [-0.4, -0.2) is 30.8 Å². The highest BCUT2D eigenvalue weighted by atomic mass is 16.5. The summed E-state index contributed by atoms with van der Waals surface area (Å²) in [6.07, 6.45) is 1.92. The number of benzene rings is 3. The van der Waals surface area contributed by atoms with Crippen LogP contribution in [0.1, 0.15) is 30.0 Å². The van der Waals surface area contributed by atoms with Gasteiger partial charge in [-0.3, -0.25) is 9.69 Å². The fraction of sp³-hybridized carbons (Fsp3) is 0.269. The molecule has 0 aliphatic carbocycles. The van der Waals surface area contributed by atoms with E-state index >= 15 is 0 Å². The van der Waals surface area contributed by atoms with Gasteiger partial charge in [0.15, 0.2) is 5.60 Å². The fourth-order valence-electron chi connectivity index (χ4n) is 4.26. The van der Waals surface area contributed by atoms with E-state index < -0.39 is 11.6 Å². The molecule has 4 rings (SSSR count). The summed E-state index contributed by atoms with van der Waals surface area (Å²) in [7, 11) is 3.22. The molecule has 1 saturated heterocycles. The topological polar surface area (TPSA) is 59.0 Å². The van der Waals surface area contributed by atoms with Gasteiger partial charge in [-0.05, 0) is 66.8 Å². The van der Waals surface area contributed by atoms with Crippen LogP contribution in [0.3, 0.4) is 0 Å². The molecule has 1 amide bonds. The Morgan fingerprint density at radius 2 is 1.45 bits per heavy atom. The van der Waals surface area contributed by atoms with Crippen LogP contribution in [0, 0.1) is 0 Å². The first-order valence-electron chi connectivity index (χ1n) is 10.4. The molecule has 5 heteroatoms. The summed E-state index contributed by atoms with van der Waals surface area (Å²) >= 11 is 0. The third-order valence-corrected chi connectivity index (χ3v) is 5.95. The number of carbonyl (C=O) groups excluding carboxylic acids is 1. The lowest BCUT2D eigenvalue weighted by Gasteiger charge is -2.53. The summed E-state index contributed by atoms with van der Waals surface area (Å²) in [5.74, 6) is 1.18. The molecule has 0 unspecified atom stereocenters. The number of rotatable bonds is 8. The third-order valence-electron chi connectivity index (χ3n) is 5.95. The van der Waals surface area contributed by atoms with Gasteiger partial charge < -0.3 is 14.6 Å². The number of anilines is 1. The van der Waals surface area contributed by atoms with Crippen molar-refractivity contribution in [1.29, 1.82) is 0 Å². The summed E-state index contributed by atoms with van der Waals surface area (Å²) < 4.78 is 10.5. The highest BCUT2D eigenvalue weighted by Crippen LogP contribution is 2.49. The number of methoxy groups -OCH3 is 2. The molecule has 0 bridgehead atoms. The van der Waals surface area contributed by atoms with Gasteiger partial charge in [0.25, 0.3) is 5.91 Å². The molecule has 0 radical (unpaired) electrons. The second kappa shape index (κ2) is 8.82. The van der Waals surface area contributed by atoms with Crippen LogP contribution in [0.25, 0.3) is 0 Å². The Kier molecular flexibility index (Phi) is 5.96. The van der Waals surface area contributed by atoms with Crippen LogP contribution < -0.4 is 14.4 Å². The SMILES string of the molecule is COc1ccc([C@H]2N(c3ccc(OC)cc3)C(=O)[C@]2(O)CCCc2ccccc2)cc1. The summed E-state index contributed by atoms with van der Waals surface area (Å²) in [6, 6.07) is 24.5. The number of aryl methyl sites for hydroxylation is 1. The van der Waals surface area contributed by atoms with Gasteiger partial charge in [0.05, 0.1) is 20.3 Å². The monoisotopic (exact) mass is 417 g/mol. The standard InChI is InChI=1S/C26H27NO4/c1-30-22-14-10-20(11-15-22)24-26(29,18-6-9-19-7-4-3-5-8-19)25(28)27(24)21-12-16-23(31-2)17-13-21/h3-5,7-8,10-17,24,29H,6,9,18H2,1-2H3/t24-,26+/m1/s1. The van der Waals surface area contributed by atoms with Crippen molar-refractivity contribution < 1.29 is 19.4 Å².